The molecule has 0 radical (unpaired) electrons. The number of fused-ring (bicyclic) bond motifs is 3. The first-order valence-corrected chi connectivity index (χ1v) is 8.94. The van der Waals surface area contributed by atoms with E-state index in [1.165, 1.54) is 22.3 Å². The number of nitrogens with one attached hydrogen (secondary N) is 1. The molecule has 0 saturated heterocycles. The zero-order valence-electron chi connectivity index (χ0n) is 15.1. The van der Waals surface area contributed by atoms with Gasteiger partial charge in [-0.3, -0.25) is 10.00 Å². The summed E-state index contributed by atoms with van der Waals surface area (Å²) in [7, 11) is 0. The Kier molecular flexibility index (Phi) is 4.64. The highest BCUT2D eigenvalue weighted by atomic mass is 16.5. The lowest BCUT2D eigenvalue weighted by Crippen LogP contribution is -2.18. The highest BCUT2D eigenvalue weighted by Gasteiger charge is 2.29. The molecule has 0 bridgehead atoms. The average Bonchev–Trinajstić information content (AvgIpc) is 3.19. The number of benzene rings is 2. The number of aromatic nitrogens is 2. The van der Waals surface area contributed by atoms with Crippen molar-refractivity contribution in [3.63, 3.8) is 0 Å². The lowest BCUT2D eigenvalue weighted by Gasteiger charge is -2.14. The van der Waals surface area contributed by atoms with Gasteiger partial charge >= 0.3 is 6.09 Å². The number of aliphatic hydroxyl groups is 1. The van der Waals surface area contributed by atoms with Crippen LogP contribution in [0.1, 0.15) is 22.7 Å². The molecular formula is C21H21N3O3. The van der Waals surface area contributed by atoms with Crippen molar-refractivity contribution in [2.75, 3.05) is 18.5 Å². The van der Waals surface area contributed by atoms with Gasteiger partial charge < -0.3 is 9.84 Å². The smallest absolute Gasteiger partial charge is 0.411 e. The Labute approximate surface area is 157 Å². The zero-order chi connectivity index (χ0) is 18.8. The van der Waals surface area contributed by atoms with Crippen molar-refractivity contribution < 1.29 is 14.6 Å². The van der Waals surface area contributed by atoms with Gasteiger partial charge in [0.1, 0.15) is 6.61 Å². The van der Waals surface area contributed by atoms with Crippen LogP contribution in [0.15, 0.2) is 54.7 Å². The Morgan fingerprint density at radius 3 is 2.41 bits per heavy atom. The summed E-state index contributed by atoms with van der Waals surface area (Å²) in [5.74, 6) is 0.0290. The molecule has 1 heterocycles. The summed E-state index contributed by atoms with van der Waals surface area (Å²) >= 11 is 0. The molecular weight excluding hydrogens is 342 g/mol. The van der Waals surface area contributed by atoms with Gasteiger partial charge in [-0.05, 0) is 29.2 Å². The molecule has 1 aromatic heterocycles. The van der Waals surface area contributed by atoms with Crippen LogP contribution in [-0.4, -0.2) is 34.2 Å². The fourth-order valence-electron chi connectivity index (χ4n) is 3.63. The number of ether oxygens (including phenoxy) is 1. The number of anilines is 1. The Morgan fingerprint density at radius 1 is 1.15 bits per heavy atom. The molecule has 1 aliphatic carbocycles. The molecule has 3 aromatic rings. The van der Waals surface area contributed by atoms with Crippen molar-refractivity contribution in [2.45, 2.75) is 19.4 Å². The highest BCUT2D eigenvalue weighted by molar-refractivity contribution is 5.85. The van der Waals surface area contributed by atoms with E-state index in [0.29, 0.717) is 12.2 Å². The van der Waals surface area contributed by atoms with Crippen molar-refractivity contribution in [2.24, 2.45) is 0 Å². The number of rotatable bonds is 5. The monoisotopic (exact) mass is 363 g/mol. The van der Waals surface area contributed by atoms with Crippen molar-refractivity contribution in [3.8, 4) is 11.1 Å². The quantitative estimate of drug-likeness (QED) is 0.727. The third-order valence-electron chi connectivity index (χ3n) is 5.00. The summed E-state index contributed by atoms with van der Waals surface area (Å²) in [6.07, 6.45) is 1.05. The number of hydrogen-bond acceptors (Lipinski definition) is 4. The van der Waals surface area contributed by atoms with Gasteiger partial charge in [-0.1, -0.05) is 48.5 Å². The maximum atomic E-state index is 12.3. The van der Waals surface area contributed by atoms with Crippen molar-refractivity contribution in [1.29, 1.82) is 0 Å². The van der Waals surface area contributed by atoms with Crippen LogP contribution in [0.25, 0.3) is 11.1 Å². The van der Waals surface area contributed by atoms with Crippen LogP contribution in [0.4, 0.5) is 10.5 Å². The van der Waals surface area contributed by atoms with Gasteiger partial charge in [-0.25, -0.2) is 4.79 Å². The molecule has 0 atom stereocenters. The van der Waals surface area contributed by atoms with E-state index in [4.69, 9.17) is 9.84 Å². The first-order chi connectivity index (χ1) is 13.2. The van der Waals surface area contributed by atoms with Crippen LogP contribution in [0.3, 0.4) is 0 Å². The summed E-state index contributed by atoms with van der Waals surface area (Å²) in [6, 6.07) is 16.5. The number of amides is 1. The lowest BCUT2D eigenvalue weighted by atomic mass is 9.98. The standard InChI is InChI=1S/C21H21N3O3/c1-14-20(12-22-24(14)10-11-25)23-21(26)27-13-19-17-8-4-2-6-15(17)16-7-3-5-9-18(16)19/h2-9,12,19,25H,10-11,13H2,1H3,(H,23,26). The number of aliphatic hydroxyl groups excluding tert-OH is 1. The fourth-order valence-corrected chi connectivity index (χ4v) is 3.63. The van der Waals surface area contributed by atoms with Crippen molar-refractivity contribution >= 4 is 11.8 Å². The minimum absolute atomic E-state index is 0.00704. The molecule has 2 N–H and O–H groups in total. The molecule has 0 unspecified atom stereocenters. The Morgan fingerprint density at radius 2 is 1.78 bits per heavy atom. The van der Waals surface area contributed by atoms with Crippen LogP contribution in [0.5, 0.6) is 0 Å². The minimum atomic E-state index is -0.511. The van der Waals surface area contributed by atoms with E-state index in [2.05, 4.69) is 34.7 Å². The summed E-state index contributed by atoms with van der Waals surface area (Å²) in [6.45, 7) is 2.48. The zero-order valence-corrected chi connectivity index (χ0v) is 15.1. The van der Waals surface area contributed by atoms with E-state index in [-0.39, 0.29) is 19.1 Å². The van der Waals surface area contributed by atoms with E-state index in [1.807, 2.05) is 31.2 Å². The highest BCUT2D eigenvalue weighted by Crippen LogP contribution is 2.44. The van der Waals surface area contributed by atoms with E-state index < -0.39 is 6.09 Å². The van der Waals surface area contributed by atoms with Crippen LogP contribution < -0.4 is 5.32 Å². The molecule has 1 amide bonds. The predicted molar refractivity (Wildman–Crippen MR) is 103 cm³/mol. The van der Waals surface area contributed by atoms with Crippen LogP contribution in [0, 0.1) is 6.92 Å². The Bertz CT molecular complexity index is 935. The van der Waals surface area contributed by atoms with Crippen LogP contribution >= 0.6 is 0 Å². The van der Waals surface area contributed by atoms with Gasteiger partial charge in [0.25, 0.3) is 0 Å². The van der Waals surface area contributed by atoms with Crippen LogP contribution in [-0.2, 0) is 11.3 Å². The maximum absolute atomic E-state index is 12.3. The molecule has 138 valence electrons. The molecule has 1 aliphatic rings. The van der Waals surface area contributed by atoms with Crippen molar-refractivity contribution in [3.05, 3.63) is 71.5 Å². The predicted octanol–water partition coefficient (Wildman–Crippen LogP) is 3.54. The number of carbonyl (C=O) groups is 1. The molecule has 6 heteroatoms. The summed E-state index contributed by atoms with van der Waals surface area (Å²) in [5, 5.41) is 15.9. The molecule has 0 fully saturated rings. The first-order valence-electron chi connectivity index (χ1n) is 8.94. The maximum Gasteiger partial charge on any atom is 0.411 e. The van der Waals surface area contributed by atoms with Gasteiger partial charge in [0.2, 0.25) is 0 Å². The number of nitrogens with zero attached hydrogens (tertiary/aromatic N) is 2. The first kappa shape index (κ1) is 17.3. The van der Waals surface area contributed by atoms with E-state index in [0.717, 1.165) is 5.69 Å². The fraction of sp³-hybridized carbons (Fsp3) is 0.238. The third-order valence-corrected chi connectivity index (χ3v) is 5.00. The second-order valence-electron chi connectivity index (χ2n) is 6.54. The molecule has 27 heavy (non-hydrogen) atoms. The largest absolute Gasteiger partial charge is 0.448 e. The third kappa shape index (κ3) is 3.19. The van der Waals surface area contributed by atoms with E-state index in [1.54, 1.807) is 10.9 Å². The minimum Gasteiger partial charge on any atom is -0.448 e. The van der Waals surface area contributed by atoms with E-state index >= 15 is 0 Å². The molecule has 0 aliphatic heterocycles. The second kappa shape index (κ2) is 7.25. The van der Waals surface area contributed by atoms with E-state index in [9.17, 15) is 4.79 Å². The Balaban J connectivity index is 1.47. The molecule has 6 nitrogen and oxygen atoms in total. The normalized spacial score (nSPS) is 12.5. The SMILES string of the molecule is Cc1c(NC(=O)OCC2c3ccccc3-c3ccccc32)cnn1CCO. The average molecular weight is 363 g/mol. The van der Waals surface area contributed by atoms with Gasteiger partial charge in [0.05, 0.1) is 30.7 Å². The molecule has 2 aromatic carbocycles. The summed E-state index contributed by atoms with van der Waals surface area (Å²) in [4.78, 5) is 12.3. The van der Waals surface area contributed by atoms with Gasteiger partial charge in [-0.2, -0.15) is 5.10 Å². The second-order valence-corrected chi connectivity index (χ2v) is 6.54. The van der Waals surface area contributed by atoms with Crippen molar-refractivity contribution in [1.82, 2.24) is 9.78 Å². The molecule has 4 rings (SSSR count). The number of carbonyl (C=O) groups excluding carboxylic acids is 1. The topological polar surface area (TPSA) is 76.4 Å². The van der Waals surface area contributed by atoms with Gasteiger partial charge in [0, 0.05) is 5.92 Å². The van der Waals surface area contributed by atoms with Gasteiger partial charge in [-0.15, -0.1) is 0 Å². The Hall–Kier alpha value is -3.12. The molecule has 0 spiro atoms. The lowest BCUT2D eigenvalue weighted by molar-refractivity contribution is 0.158. The number of hydrogen-bond donors (Lipinski definition) is 2. The summed E-state index contributed by atoms with van der Waals surface area (Å²) in [5.41, 5.74) is 6.11. The summed E-state index contributed by atoms with van der Waals surface area (Å²) < 4.78 is 7.17. The molecule has 0 saturated carbocycles. The van der Waals surface area contributed by atoms with Crippen LogP contribution in [0.2, 0.25) is 0 Å². The van der Waals surface area contributed by atoms with Gasteiger partial charge in [0.15, 0.2) is 0 Å².